The monoisotopic (exact) mass is 635 g/mol. The maximum absolute atomic E-state index is 14.6. The molecule has 15 heteroatoms. The minimum atomic E-state index is -5.85. The van der Waals surface area contributed by atoms with Crippen molar-refractivity contribution in [2.45, 2.75) is 23.3 Å². The van der Waals surface area contributed by atoms with Crippen molar-refractivity contribution in [3.05, 3.63) is 131 Å². The molecule has 0 aliphatic rings. The highest BCUT2D eigenvalue weighted by atomic mass is 31.2. The maximum Gasteiger partial charge on any atom is 0.399 e. The Morgan fingerprint density at radius 3 is 1.58 bits per heavy atom. The molecule has 4 N–H and O–H groups in total. The van der Waals surface area contributed by atoms with E-state index in [4.69, 9.17) is 9.79 Å². The van der Waals surface area contributed by atoms with Crippen LogP contribution in [0, 0.1) is 0 Å². The summed E-state index contributed by atoms with van der Waals surface area (Å²) in [5.74, 6) is 0. The normalized spacial score (nSPS) is 14.5. The maximum atomic E-state index is 14.6. The summed E-state index contributed by atoms with van der Waals surface area (Å²) in [6.07, 6.45) is -0.0413. The van der Waals surface area contributed by atoms with Crippen molar-refractivity contribution >= 4 is 26.2 Å². The quantitative estimate of drug-likeness (QED) is 0.115. The fourth-order valence-corrected chi connectivity index (χ4v) is 5.93. The van der Waals surface area contributed by atoms with Gasteiger partial charge in [0.25, 0.3) is 0 Å². The van der Waals surface area contributed by atoms with Crippen LogP contribution in [-0.4, -0.2) is 34.6 Å². The molecule has 0 spiro atoms. The van der Waals surface area contributed by atoms with Crippen molar-refractivity contribution in [2.75, 3.05) is 0 Å². The third-order valence-corrected chi connectivity index (χ3v) is 9.15. The molecule has 0 radical (unpaired) electrons. The summed E-state index contributed by atoms with van der Waals surface area (Å²) in [5.41, 5.74) is -9.76. The van der Waals surface area contributed by atoms with Gasteiger partial charge in [-0.05, 0) is 28.8 Å². The first-order valence-electron chi connectivity index (χ1n) is 12.5. The summed E-state index contributed by atoms with van der Waals surface area (Å²) in [4.78, 5) is 36.8. The topological polar surface area (TPSA) is 146 Å². The highest BCUT2D eigenvalue weighted by molar-refractivity contribution is 7.52. The third-order valence-electron chi connectivity index (χ3n) is 7.17. The van der Waals surface area contributed by atoms with Crippen molar-refractivity contribution in [1.82, 2.24) is 15.0 Å². The fraction of sp³-hybridized carbons (Fsp3) is 0.143. The van der Waals surface area contributed by atoms with Gasteiger partial charge in [-0.3, -0.25) is 9.13 Å². The molecule has 0 bridgehead atoms. The van der Waals surface area contributed by atoms with E-state index >= 15 is 0 Å². The second kappa shape index (κ2) is 10.8. The fourth-order valence-electron chi connectivity index (χ4n) is 4.96. The van der Waals surface area contributed by atoms with Crippen molar-refractivity contribution < 1.29 is 46.3 Å². The van der Waals surface area contributed by atoms with Crippen molar-refractivity contribution in [3.63, 3.8) is 0 Å². The number of alkyl halides is 4. The molecule has 43 heavy (non-hydrogen) atoms. The molecular formula is C28H23F4N3O6P2. The molecule has 0 amide bonds. The lowest BCUT2D eigenvalue weighted by Gasteiger charge is -2.36. The lowest BCUT2D eigenvalue weighted by atomic mass is 9.77. The van der Waals surface area contributed by atoms with Crippen LogP contribution in [0.5, 0.6) is 0 Å². The first-order valence-corrected chi connectivity index (χ1v) is 15.8. The van der Waals surface area contributed by atoms with Crippen molar-refractivity contribution in [3.8, 4) is 0 Å². The zero-order valence-electron chi connectivity index (χ0n) is 21.9. The number of benzene rings is 4. The van der Waals surface area contributed by atoms with E-state index in [1.807, 2.05) is 0 Å². The van der Waals surface area contributed by atoms with Crippen LogP contribution < -0.4 is 0 Å². The van der Waals surface area contributed by atoms with Gasteiger partial charge in [0.15, 0.2) is 0 Å². The number of nitrogens with zero attached hydrogens (tertiary/aromatic N) is 3. The number of fused-ring (bicyclic) bond motifs is 1. The Kier molecular flexibility index (Phi) is 7.71. The molecule has 4 aromatic carbocycles. The molecule has 0 fully saturated rings. The summed E-state index contributed by atoms with van der Waals surface area (Å²) >= 11 is 0. The highest BCUT2D eigenvalue weighted by Gasteiger charge is 2.51. The van der Waals surface area contributed by atoms with Crippen LogP contribution >= 0.6 is 15.2 Å². The van der Waals surface area contributed by atoms with Gasteiger partial charge in [-0.1, -0.05) is 96.2 Å². The molecule has 0 saturated carbocycles. The lowest BCUT2D eigenvalue weighted by Crippen LogP contribution is -2.39. The first kappa shape index (κ1) is 30.7. The van der Waals surface area contributed by atoms with Gasteiger partial charge < -0.3 is 19.6 Å². The Labute approximate surface area is 241 Å². The Hall–Kier alpha value is -3.70. The minimum absolute atomic E-state index is 0.0413. The zero-order chi connectivity index (χ0) is 31.3. The lowest BCUT2D eigenvalue weighted by molar-refractivity contribution is 0.0563. The van der Waals surface area contributed by atoms with E-state index in [0.29, 0.717) is 27.7 Å². The average Bonchev–Trinajstić information content (AvgIpc) is 3.40. The summed E-state index contributed by atoms with van der Waals surface area (Å²) in [6, 6.07) is 24.3. The summed E-state index contributed by atoms with van der Waals surface area (Å²) in [7, 11) is -11.7. The summed E-state index contributed by atoms with van der Waals surface area (Å²) in [6.45, 7) is 0. The summed E-state index contributed by atoms with van der Waals surface area (Å²) < 4.78 is 82.3. The van der Waals surface area contributed by atoms with Gasteiger partial charge in [-0.15, -0.1) is 5.10 Å². The van der Waals surface area contributed by atoms with E-state index in [9.17, 15) is 36.5 Å². The van der Waals surface area contributed by atoms with Gasteiger partial charge in [0.05, 0.1) is 5.52 Å². The van der Waals surface area contributed by atoms with Gasteiger partial charge in [0.1, 0.15) is 11.1 Å². The number of para-hydroxylation sites is 1. The van der Waals surface area contributed by atoms with Crippen molar-refractivity contribution in [1.29, 1.82) is 0 Å². The largest absolute Gasteiger partial charge is 0.399 e. The van der Waals surface area contributed by atoms with Crippen LogP contribution in [0.2, 0.25) is 0 Å². The second-order valence-electron chi connectivity index (χ2n) is 9.84. The Morgan fingerprint density at radius 2 is 1.05 bits per heavy atom. The minimum Gasteiger partial charge on any atom is -0.320 e. The molecule has 1 aromatic heterocycles. The Balaban J connectivity index is 1.75. The van der Waals surface area contributed by atoms with Crippen LogP contribution in [0.4, 0.5) is 17.6 Å². The van der Waals surface area contributed by atoms with Crippen LogP contribution in [0.1, 0.15) is 27.8 Å². The van der Waals surface area contributed by atoms with E-state index in [2.05, 4.69) is 10.3 Å². The first-order chi connectivity index (χ1) is 20.1. The second-order valence-corrected chi connectivity index (χ2v) is 13.1. The predicted molar refractivity (Wildman–Crippen MR) is 149 cm³/mol. The Morgan fingerprint density at radius 1 is 0.605 bits per heavy atom. The van der Waals surface area contributed by atoms with Crippen LogP contribution in [-0.2, 0) is 32.4 Å². The summed E-state index contributed by atoms with van der Waals surface area (Å²) in [5, 5.41) is 8.63. The van der Waals surface area contributed by atoms with Crippen molar-refractivity contribution in [2.24, 2.45) is 0 Å². The standard InChI is InChI=1S/C28H23F4N3O6P2/c29-27(30,42(36,37)38)22-12-10-19(11-13-22)18-26(20-6-2-1-3-7-20,35-25-9-5-4-8-24(25)33-34-35)21-14-16-23(17-15-21)28(31,32)43(39,40)41/h1-17H,18H2,(H2,36,37,38)(H2,39,40,41). The molecular weight excluding hydrogens is 612 g/mol. The molecule has 1 unspecified atom stereocenters. The van der Waals surface area contributed by atoms with E-state index < -0.39 is 43.2 Å². The smallest absolute Gasteiger partial charge is 0.320 e. The predicted octanol–water partition coefficient (Wildman–Crippen LogP) is 5.92. The number of hydrogen-bond donors (Lipinski definition) is 4. The molecule has 224 valence electrons. The highest BCUT2D eigenvalue weighted by Crippen LogP contribution is 2.60. The van der Waals surface area contributed by atoms with Gasteiger partial charge in [0, 0.05) is 17.5 Å². The van der Waals surface area contributed by atoms with E-state index in [0.717, 1.165) is 24.3 Å². The SMILES string of the molecule is O=P(O)(O)C(F)(F)c1ccc(CC(c2ccccc2)(c2ccc(C(F)(F)P(=O)(O)O)cc2)n2nnc3ccccc32)cc1. The molecule has 5 aromatic rings. The van der Waals surface area contributed by atoms with Gasteiger partial charge in [-0.25, -0.2) is 4.68 Å². The Bertz CT molecular complexity index is 1860. The van der Waals surface area contributed by atoms with E-state index in [-0.39, 0.29) is 6.42 Å². The number of aromatic nitrogens is 3. The number of halogens is 4. The molecule has 9 nitrogen and oxygen atoms in total. The molecule has 0 saturated heterocycles. The third kappa shape index (κ3) is 5.33. The zero-order valence-corrected chi connectivity index (χ0v) is 23.7. The van der Waals surface area contributed by atoms with Crippen LogP contribution in [0.15, 0.2) is 103 Å². The van der Waals surface area contributed by atoms with Crippen LogP contribution in [0.3, 0.4) is 0 Å². The molecule has 0 aliphatic carbocycles. The molecule has 1 heterocycles. The molecule has 0 aliphatic heterocycles. The van der Waals surface area contributed by atoms with E-state index in [1.54, 1.807) is 59.3 Å². The van der Waals surface area contributed by atoms with Gasteiger partial charge in [-0.2, -0.15) is 17.6 Å². The van der Waals surface area contributed by atoms with Crippen LogP contribution in [0.25, 0.3) is 11.0 Å². The van der Waals surface area contributed by atoms with Gasteiger partial charge in [0.2, 0.25) is 0 Å². The molecule has 5 rings (SSSR count). The number of rotatable bonds is 9. The average molecular weight is 635 g/mol. The van der Waals surface area contributed by atoms with E-state index in [1.165, 1.54) is 24.3 Å². The number of hydrogen-bond acceptors (Lipinski definition) is 4. The van der Waals surface area contributed by atoms with Gasteiger partial charge >= 0.3 is 26.5 Å². The molecule has 1 atom stereocenters.